The average molecular weight is 533 g/mol. The summed E-state index contributed by atoms with van der Waals surface area (Å²) in [7, 11) is -1.54. The summed E-state index contributed by atoms with van der Waals surface area (Å²) in [4.78, 5) is 11.6. The second-order valence-corrected chi connectivity index (χ2v) is 12.3. The number of aliphatic imine (C=N–C) groups is 1. The third kappa shape index (κ3) is 4.20. The largest absolute Gasteiger partial charge is 0.326 e. The Morgan fingerprint density at radius 2 is 2.11 bits per heavy atom. The van der Waals surface area contributed by atoms with Crippen LogP contribution in [0.3, 0.4) is 0 Å². The highest BCUT2D eigenvalue weighted by Crippen LogP contribution is 2.46. The van der Waals surface area contributed by atoms with Crippen LogP contribution in [-0.4, -0.2) is 51.8 Å². The molecule has 1 saturated heterocycles. The number of sulfonamides is 1. The van der Waals surface area contributed by atoms with Crippen LogP contribution in [0.25, 0.3) is 5.57 Å². The minimum Gasteiger partial charge on any atom is -0.326 e. The maximum Gasteiger partial charge on any atom is 0.214 e. The van der Waals surface area contributed by atoms with Crippen LogP contribution in [0.1, 0.15) is 41.4 Å². The van der Waals surface area contributed by atoms with Crippen molar-refractivity contribution in [2.45, 2.75) is 36.6 Å². The molecule has 0 spiro atoms. The molecule has 2 aromatic heterocycles. The first kappa shape index (κ1) is 22.8. The molecule has 1 saturated carbocycles. The Labute approximate surface area is 211 Å². The van der Waals surface area contributed by atoms with Crippen molar-refractivity contribution >= 4 is 44.4 Å². The number of amidine groups is 1. The number of nitrogens with zero attached hydrogens (tertiary/aromatic N) is 5. The molecule has 1 N–H and O–H groups in total. The SMILES string of the molecule is Cn1cc(C2=C3C[C@H](NS(=O)(=O)C4CC4)CN3C(c3nccs3)=N[C@H]2c2ccc(F)cc2Cl)cn1. The van der Waals surface area contributed by atoms with Crippen molar-refractivity contribution < 1.29 is 12.8 Å². The zero-order valence-electron chi connectivity index (χ0n) is 18.7. The number of benzene rings is 1. The Morgan fingerprint density at radius 3 is 2.77 bits per heavy atom. The van der Waals surface area contributed by atoms with Gasteiger partial charge in [0.2, 0.25) is 10.0 Å². The minimum atomic E-state index is -3.37. The van der Waals surface area contributed by atoms with E-state index in [-0.39, 0.29) is 16.3 Å². The lowest BCUT2D eigenvalue weighted by Gasteiger charge is -2.32. The van der Waals surface area contributed by atoms with Crippen LogP contribution in [0.5, 0.6) is 0 Å². The second kappa shape index (κ2) is 8.51. The van der Waals surface area contributed by atoms with Gasteiger partial charge in [-0.25, -0.2) is 22.5 Å². The summed E-state index contributed by atoms with van der Waals surface area (Å²) in [5.41, 5.74) is 3.33. The van der Waals surface area contributed by atoms with Gasteiger partial charge in [-0.1, -0.05) is 17.7 Å². The molecule has 2 fully saturated rings. The summed E-state index contributed by atoms with van der Waals surface area (Å²) in [6, 6.07) is 3.47. The number of halogens is 2. The van der Waals surface area contributed by atoms with E-state index in [4.69, 9.17) is 16.6 Å². The lowest BCUT2D eigenvalue weighted by molar-refractivity contribution is 0.517. The summed E-state index contributed by atoms with van der Waals surface area (Å²) < 4.78 is 44.0. The number of fused-ring (bicyclic) bond motifs is 1. The number of aryl methyl sites for hydroxylation is 1. The van der Waals surface area contributed by atoms with Gasteiger partial charge in [0.25, 0.3) is 0 Å². The summed E-state index contributed by atoms with van der Waals surface area (Å²) in [5, 5.41) is 6.92. The predicted molar refractivity (Wildman–Crippen MR) is 133 cm³/mol. The zero-order valence-corrected chi connectivity index (χ0v) is 21.1. The van der Waals surface area contributed by atoms with Crippen LogP contribution >= 0.6 is 22.9 Å². The Bertz CT molecular complexity index is 1460. The van der Waals surface area contributed by atoms with Gasteiger partial charge in [0.05, 0.1) is 11.4 Å². The first-order chi connectivity index (χ1) is 16.8. The number of nitrogens with one attached hydrogen (secondary N) is 1. The van der Waals surface area contributed by atoms with Crippen molar-refractivity contribution in [2.75, 3.05) is 6.54 Å². The number of hydrogen-bond acceptors (Lipinski definition) is 7. The summed E-state index contributed by atoms with van der Waals surface area (Å²) in [5.74, 6) is 0.229. The van der Waals surface area contributed by atoms with E-state index in [1.165, 1.54) is 23.5 Å². The molecule has 1 aliphatic carbocycles. The normalized spacial score (nSPS) is 22.5. The quantitative estimate of drug-likeness (QED) is 0.522. The Balaban J connectivity index is 1.51. The molecule has 0 bridgehead atoms. The highest BCUT2D eigenvalue weighted by atomic mass is 35.5. The monoisotopic (exact) mass is 532 g/mol. The molecule has 6 rings (SSSR count). The van der Waals surface area contributed by atoms with Gasteiger partial charge >= 0.3 is 0 Å². The molecular weight excluding hydrogens is 511 g/mol. The summed E-state index contributed by atoms with van der Waals surface area (Å²) in [6.45, 7) is 0.438. The van der Waals surface area contributed by atoms with Crippen LogP contribution < -0.4 is 4.72 Å². The van der Waals surface area contributed by atoms with E-state index in [9.17, 15) is 12.8 Å². The van der Waals surface area contributed by atoms with E-state index in [1.807, 2.05) is 18.6 Å². The van der Waals surface area contributed by atoms with E-state index >= 15 is 0 Å². The molecule has 182 valence electrons. The van der Waals surface area contributed by atoms with Crippen molar-refractivity contribution in [3.05, 3.63) is 74.8 Å². The van der Waals surface area contributed by atoms with E-state index in [2.05, 4.69) is 19.7 Å². The third-order valence-corrected chi connectivity index (χ3v) is 9.56. The van der Waals surface area contributed by atoms with Crippen LogP contribution in [0, 0.1) is 5.82 Å². The van der Waals surface area contributed by atoms with Gasteiger partial charge in [-0.05, 0) is 30.5 Å². The molecule has 2 aliphatic heterocycles. The van der Waals surface area contributed by atoms with E-state index < -0.39 is 21.9 Å². The van der Waals surface area contributed by atoms with Gasteiger partial charge in [0, 0.05) is 65.7 Å². The van der Waals surface area contributed by atoms with Gasteiger partial charge in [0.1, 0.15) is 11.9 Å². The Kier molecular flexibility index (Phi) is 5.55. The lowest BCUT2D eigenvalue weighted by Crippen LogP contribution is -2.40. The fourth-order valence-electron chi connectivity index (χ4n) is 4.75. The highest BCUT2D eigenvalue weighted by Gasteiger charge is 2.43. The fourth-order valence-corrected chi connectivity index (χ4v) is 7.23. The van der Waals surface area contributed by atoms with E-state index in [0.717, 1.165) is 21.8 Å². The molecule has 0 unspecified atom stereocenters. The second-order valence-electron chi connectivity index (χ2n) is 9.00. The first-order valence-corrected chi connectivity index (χ1v) is 14.0. The van der Waals surface area contributed by atoms with Crippen LogP contribution in [0.2, 0.25) is 5.02 Å². The molecule has 8 nitrogen and oxygen atoms in total. The molecule has 3 aliphatic rings. The number of thiazole rings is 1. The molecule has 12 heteroatoms. The van der Waals surface area contributed by atoms with Crippen LogP contribution in [0.15, 0.2) is 52.9 Å². The van der Waals surface area contributed by atoms with Gasteiger partial charge in [-0.2, -0.15) is 5.10 Å². The molecule has 1 aromatic carbocycles. The van der Waals surface area contributed by atoms with Crippen molar-refractivity contribution in [2.24, 2.45) is 12.0 Å². The lowest BCUT2D eigenvalue weighted by atomic mass is 9.91. The van der Waals surface area contributed by atoms with Crippen LogP contribution in [0.4, 0.5) is 4.39 Å². The zero-order chi connectivity index (χ0) is 24.3. The van der Waals surface area contributed by atoms with Crippen LogP contribution in [-0.2, 0) is 17.1 Å². The summed E-state index contributed by atoms with van der Waals surface area (Å²) in [6.07, 6.45) is 7.26. The maximum atomic E-state index is 13.9. The molecule has 2 atom stereocenters. The van der Waals surface area contributed by atoms with Crippen molar-refractivity contribution in [1.82, 2.24) is 24.4 Å². The third-order valence-electron chi connectivity index (χ3n) is 6.45. The number of rotatable bonds is 6. The molecule has 35 heavy (non-hydrogen) atoms. The number of hydrogen-bond donors (Lipinski definition) is 1. The van der Waals surface area contributed by atoms with Gasteiger partial charge in [-0.15, -0.1) is 11.3 Å². The smallest absolute Gasteiger partial charge is 0.214 e. The van der Waals surface area contributed by atoms with Crippen molar-refractivity contribution in [3.8, 4) is 0 Å². The van der Waals surface area contributed by atoms with E-state index in [0.29, 0.717) is 37.2 Å². The number of aromatic nitrogens is 3. The molecule has 4 heterocycles. The van der Waals surface area contributed by atoms with Crippen molar-refractivity contribution in [3.63, 3.8) is 0 Å². The highest BCUT2D eigenvalue weighted by molar-refractivity contribution is 7.90. The predicted octanol–water partition coefficient (Wildman–Crippen LogP) is 3.74. The van der Waals surface area contributed by atoms with Gasteiger partial charge < -0.3 is 4.90 Å². The first-order valence-electron chi connectivity index (χ1n) is 11.2. The maximum absolute atomic E-state index is 13.9. The molecule has 0 radical (unpaired) electrons. The topological polar surface area (TPSA) is 92.5 Å². The Morgan fingerprint density at radius 1 is 1.29 bits per heavy atom. The Hall–Kier alpha value is -2.60. The average Bonchev–Trinajstić information content (AvgIpc) is 3.17. The fraction of sp³-hybridized carbons (Fsp3) is 0.348. The molecular formula is C23H22ClFN6O2S2. The minimum absolute atomic E-state index is 0.275. The van der Waals surface area contributed by atoms with Gasteiger partial charge in [0.15, 0.2) is 10.8 Å². The van der Waals surface area contributed by atoms with E-state index in [1.54, 1.807) is 23.1 Å². The van der Waals surface area contributed by atoms with Crippen molar-refractivity contribution in [1.29, 1.82) is 0 Å². The van der Waals surface area contributed by atoms with Gasteiger partial charge in [-0.3, -0.25) is 9.67 Å². The molecule has 3 aromatic rings. The standard InChI is InChI=1S/C23H22ClFN6O2S2/c1-30-11-13(10-27-30)20-19-9-15(29-35(32,33)16-3-4-16)12-31(19)22(23-26-6-7-34-23)28-21(20)17-5-2-14(25)8-18(17)24/h2,5-8,10-11,15-16,21,29H,3-4,9,12H2,1H3/t15-,21-/m0/s1. The molecule has 0 amide bonds. The summed E-state index contributed by atoms with van der Waals surface area (Å²) >= 11 is 7.98.